The molecule has 1 fully saturated rings. The summed E-state index contributed by atoms with van der Waals surface area (Å²) in [7, 11) is 0.152. The summed E-state index contributed by atoms with van der Waals surface area (Å²) in [5, 5.41) is 0.695. The van der Waals surface area contributed by atoms with Gasteiger partial charge in [0, 0.05) is 5.02 Å². The molecule has 22 heavy (non-hydrogen) atoms. The Morgan fingerprint density at radius 1 is 1.27 bits per heavy atom. The van der Waals surface area contributed by atoms with Gasteiger partial charge in [-0.2, -0.15) is 0 Å². The standard InChI is InChI=1S/C15H24B2ClNO3/c1-10(16-20-9-19)12-7-6-11(8-13(12)18)17-21-14(2,3)15(4,5)22-17/h6-8,10,16H,9,19H2,1-5H3. The third kappa shape index (κ3) is 3.52. The molecular weight excluding hydrogens is 299 g/mol. The summed E-state index contributed by atoms with van der Waals surface area (Å²) in [4.78, 5) is 0. The molecule has 0 amide bonds. The molecule has 0 bridgehead atoms. The van der Waals surface area contributed by atoms with Crippen LogP contribution in [0.5, 0.6) is 0 Å². The number of halogens is 1. The summed E-state index contributed by atoms with van der Waals surface area (Å²) in [6.45, 7) is 10.4. The minimum Gasteiger partial charge on any atom is -0.427 e. The molecule has 1 aromatic rings. The quantitative estimate of drug-likeness (QED) is 0.665. The van der Waals surface area contributed by atoms with Gasteiger partial charge < -0.3 is 19.7 Å². The second-order valence-corrected chi connectivity index (χ2v) is 7.21. The van der Waals surface area contributed by atoms with Gasteiger partial charge in [0.1, 0.15) is 0 Å². The summed E-state index contributed by atoms with van der Waals surface area (Å²) in [5.74, 6) is 0.184. The number of nitrogens with two attached hydrogens (primary N) is 1. The average molecular weight is 323 g/mol. The zero-order valence-corrected chi connectivity index (χ0v) is 14.7. The van der Waals surface area contributed by atoms with E-state index in [2.05, 4.69) is 6.92 Å². The van der Waals surface area contributed by atoms with Gasteiger partial charge in [-0.15, -0.1) is 0 Å². The lowest BCUT2D eigenvalue weighted by molar-refractivity contribution is 0.00578. The molecule has 1 aliphatic heterocycles. The molecule has 0 spiro atoms. The Morgan fingerprint density at radius 3 is 2.36 bits per heavy atom. The molecule has 2 rings (SSSR count). The second-order valence-electron chi connectivity index (χ2n) is 6.81. The lowest BCUT2D eigenvalue weighted by atomic mass is 9.73. The summed E-state index contributed by atoms with van der Waals surface area (Å²) in [6, 6.07) is 5.92. The highest BCUT2D eigenvalue weighted by Gasteiger charge is 2.51. The summed E-state index contributed by atoms with van der Waals surface area (Å²) < 4.78 is 17.4. The predicted octanol–water partition coefficient (Wildman–Crippen LogP) is 1.98. The molecule has 120 valence electrons. The van der Waals surface area contributed by atoms with E-state index in [9.17, 15) is 0 Å². The molecule has 0 aromatic heterocycles. The van der Waals surface area contributed by atoms with Crippen LogP contribution in [0, 0.1) is 0 Å². The number of benzene rings is 1. The zero-order valence-electron chi connectivity index (χ0n) is 14.0. The molecule has 1 saturated heterocycles. The van der Waals surface area contributed by atoms with Crippen LogP contribution in [0.2, 0.25) is 5.02 Å². The predicted molar refractivity (Wildman–Crippen MR) is 92.9 cm³/mol. The van der Waals surface area contributed by atoms with E-state index < -0.39 is 7.12 Å². The van der Waals surface area contributed by atoms with Crippen LogP contribution >= 0.6 is 11.6 Å². The fourth-order valence-corrected chi connectivity index (χ4v) is 2.78. The highest BCUT2D eigenvalue weighted by Crippen LogP contribution is 2.36. The molecule has 1 atom stereocenters. The Balaban J connectivity index is 2.17. The van der Waals surface area contributed by atoms with E-state index in [1.54, 1.807) is 0 Å². The third-order valence-electron chi connectivity index (χ3n) is 4.57. The minimum absolute atomic E-state index is 0.184. The molecule has 1 aliphatic rings. The maximum absolute atomic E-state index is 6.43. The van der Waals surface area contributed by atoms with Crippen molar-refractivity contribution in [3.8, 4) is 0 Å². The van der Waals surface area contributed by atoms with Crippen LogP contribution in [0.1, 0.15) is 46.0 Å². The monoisotopic (exact) mass is 323 g/mol. The molecule has 1 aromatic carbocycles. The van der Waals surface area contributed by atoms with Crippen LogP contribution in [-0.4, -0.2) is 32.5 Å². The first kappa shape index (κ1) is 17.8. The lowest BCUT2D eigenvalue weighted by Gasteiger charge is -2.32. The summed E-state index contributed by atoms with van der Waals surface area (Å²) in [5.41, 5.74) is 6.62. The fraction of sp³-hybridized carbons (Fsp3) is 0.600. The Morgan fingerprint density at radius 2 is 1.86 bits per heavy atom. The van der Waals surface area contributed by atoms with Gasteiger partial charge in [-0.25, -0.2) is 0 Å². The van der Waals surface area contributed by atoms with Gasteiger partial charge in [0.15, 0.2) is 0 Å². The summed E-state index contributed by atoms with van der Waals surface area (Å²) in [6.07, 6.45) is 0. The second kappa shape index (κ2) is 6.54. The van der Waals surface area contributed by atoms with Gasteiger partial charge in [-0.3, -0.25) is 0 Å². The van der Waals surface area contributed by atoms with Crippen molar-refractivity contribution in [2.75, 3.05) is 6.73 Å². The SMILES string of the molecule is CC(BOCN)c1ccc(B2OC(C)(C)C(C)(C)O2)cc1Cl. The maximum atomic E-state index is 6.43. The molecule has 4 nitrogen and oxygen atoms in total. The smallest absolute Gasteiger partial charge is 0.427 e. The van der Waals surface area contributed by atoms with Crippen molar-refractivity contribution in [1.82, 2.24) is 0 Å². The number of rotatable bonds is 5. The fourth-order valence-electron chi connectivity index (χ4n) is 2.40. The van der Waals surface area contributed by atoms with Gasteiger partial charge in [0.25, 0.3) is 7.48 Å². The first-order valence-electron chi connectivity index (χ1n) is 7.61. The molecule has 1 unspecified atom stereocenters. The average Bonchev–Trinajstić information content (AvgIpc) is 2.64. The van der Waals surface area contributed by atoms with Gasteiger partial charge >= 0.3 is 7.12 Å². The first-order chi connectivity index (χ1) is 10.2. The van der Waals surface area contributed by atoms with Crippen LogP contribution in [0.4, 0.5) is 0 Å². The van der Waals surface area contributed by atoms with Crippen LogP contribution in [0.15, 0.2) is 18.2 Å². The van der Waals surface area contributed by atoms with Crippen molar-refractivity contribution < 1.29 is 14.0 Å². The van der Waals surface area contributed by atoms with E-state index >= 15 is 0 Å². The highest BCUT2D eigenvalue weighted by atomic mass is 35.5. The number of hydrogen-bond acceptors (Lipinski definition) is 4. The van der Waals surface area contributed by atoms with E-state index in [1.807, 2.05) is 45.9 Å². The molecule has 7 heteroatoms. The van der Waals surface area contributed by atoms with Crippen molar-refractivity contribution >= 4 is 31.7 Å². The van der Waals surface area contributed by atoms with E-state index in [0.717, 1.165) is 11.0 Å². The van der Waals surface area contributed by atoms with Crippen LogP contribution in [-0.2, 0) is 14.0 Å². The van der Waals surface area contributed by atoms with Gasteiger partial charge in [-0.05, 0) is 50.6 Å². The van der Waals surface area contributed by atoms with Crippen LogP contribution in [0.3, 0.4) is 0 Å². The Bertz CT molecular complexity index is 524. The first-order valence-corrected chi connectivity index (χ1v) is 7.98. The normalized spacial score (nSPS) is 21.0. The van der Waals surface area contributed by atoms with E-state index in [4.69, 9.17) is 31.3 Å². The molecular formula is C15H24B2ClNO3. The molecule has 1 heterocycles. The Labute approximate surface area is 139 Å². The molecule has 0 aliphatic carbocycles. The van der Waals surface area contributed by atoms with Crippen molar-refractivity contribution in [2.24, 2.45) is 5.73 Å². The van der Waals surface area contributed by atoms with Crippen molar-refractivity contribution in [3.63, 3.8) is 0 Å². The van der Waals surface area contributed by atoms with Crippen LogP contribution < -0.4 is 11.2 Å². The van der Waals surface area contributed by atoms with E-state index in [-0.39, 0.29) is 23.8 Å². The van der Waals surface area contributed by atoms with Crippen LogP contribution in [0.25, 0.3) is 0 Å². The van der Waals surface area contributed by atoms with E-state index in [1.165, 1.54) is 0 Å². The minimum atomic E-state index is -0.396. The van der Waals surface area contributed by atoms with Crippen molar-refractivity contribution in [2.45, 2.75) is 51.6 Å². The Kier molecular flexibility index (Phi) is 5.30. The van der Waals surface area contributed by atoms with Gasteiger partial charge in [-0.1, -0.05) is 30.7 Å². The number of hydrogen-bond donors (Lipinski definition) is 1. The van der Waals surface area contributed by atoms with Crippen molar-refractivity contribution in [1.29, 1.82) is 0 Å². The highest BCUT2D eigenvalue weighted by molar-refractivity contribution is 6.62. The largest absolute Gasteiger partial charge is 0.494 e. The maximum Gasteiger partial charge on any atom is 0.494 e. The van der Waals surface area contributed by atoms with E-state index in [0.29, 0.717) is 12.5 Å². The lowest BCUT2D eigenvalue weighted by Crippen LogP contribution is -2.41. The van der Waals surface area contributed by atoms with Gasteiger partial charge in [0.05, 0.1) is 17.9 Å². The Hall–Kier alpha value is -0.520. The zero-order chi connectivity index (χ0) is 16.5. The van der Waals surface area contributed by atoms with Gasteiger partial charge in [0.2, 0.25) is 0 Å². The molecule has 0 saturated carbocycles. The summed E-state index contributed by atoms with van der Waals surface area (Å²) >= 11 is 6.43. The molecule has 0 radical (unpaired) electrons. The molecule has 2 N–H and O–H groups in total. The van der Waals surface area contributed by atoms with Crippen molar-refractivity contribution in [3.05, 3.63) is 28.8 Å². The topological polar surface area (TPSA) is 53.7 Å². The third-order valence-corrected chi connectivity index (χ3v) is 4.89.